The van der Waals surface area contributed by atoms with Crippen molar-refractivity contribution in [1.29, 1.82) is 0 Å². The monoisotopic (exact) mass is 358 g/mol. The van der Waals surface area contributed by atoms with Crippen LogP contribution >= 0.6 is 0 Å². The molecule has 3 aromatic rings. The van der Waals surface area contributed by atoms with Crippen LogP contribution in [-0.2, 0) is 11.2 Å². The lowest BCUT2D eigenvalue weighted by molar-refractivity contribution is 0.0915. The van der Waals surface area contributed by atoms with Crippen LogP contribution in [0.3, 0.4) is 0 Å². The average molecular weight is 358 g/mol. The number of amides is 1. The summed E-state index contributed by atoms with van der Waals surface area (Å²) in [6.45, 7) is 4.49. The third kappa shape index (κ3) is 2.96. The summed E-state index contributed by atoms with van der Waals surface area (Å²) >= 11 is 0. The minimum absolute atomic E-state index is 0.0353. The summed E-state index contributed by atoms with van der Waals surface area (Å²) in [6.07, 6.45) is 0.596. The van der Waals surface area contributed by atoms with Crippen molar-refractivity contribution >= 4 is 11.6 Å². The number of fused-ring (bicyclic) bond motifs is 1. The SMILES string of the molecule is Cc1cc(C[C@H]2COC[C@H]2NC(=O)c2nc3cccc(C)n3c2F)on1. The molecule has 0 radical (unpaired) electrons. The van der Waals surface area contributed by atoms with Gasteiger partial charge in [0.25, 0.3) is 5.91 Å². The molecule has 2 atom stereocenters. The fraction of sp³-hybridized carbons (Fsp3) is 0.389. The molecule has 0 saturated carbocycles. The zero-order chi connectivity index (χ0) is 18.3. The summed E-state index contributed by atoms with van der Waals surface area (Å²) in [5, 5.41) is 6.72. The second-order valence-corrected chi connectivity index (χ2v) is 6.63. The van der Waals surface area contributed by atoms with Gasteiger partial charge in [-0.25, -0.2) is 4.98 Å². The maximum atomic E-state index is 14.6. The second kappa shape index (κ2) is 6.53. The molecule has 0 unspecified atom stereocenters. The van der Waals surface area contributed by atoms with E-state index in [9.17, 15) is 9.18 Å². The fourth-order valence-corrected chi connectivity index (χ4v) is 3.32. The van der Waals surface area contributed by atoms with Gasteiger partial charge in [-0.15, -0.1) is 0 Å². The van der Waals surface area contributed by atoms with E-state index >= 15 is 0 Å². The molecular formula is C18H19FN4O3. The number of carbonyl (C=O) groups is 1. The Hall–Kier alpha value is -2.74. The first-order valence-electron chi connectivity index (χ1n) is 8.47. The molecule has 1 amide bonds. The highest BCUT2D eigenvalue weighted by Gasteiger charge is 2.32. The highest BCUT2D eigenvalue weighted by molar-refractivity contribution is 5.93. The van der Waals surface area contributed by atoms with Crippen LogP contribution in [0.4, 0.5) is 4.39 Å². The number of rotatable bonds is 4. The molecule has 1 saturated heterocycles. The van der Waals surface area contributed by atoms with Crippen molar-refractivity contribution in [3.05, 3.63) is 53.1 Å². The number of ether oxygens (including phenoxy) is 1. The lowest BCUT2D eigenvalue weighted by Crippen LogP contribution is -2.41. The molecule has 0 aliphatic carbocycles. The standard InChI is InChI=1S/C18H19FN4O3/c1-10-6-13(26-22-10)7-12-8-25-9-14(12)20-18(24)16-17(19)23-11(2)4-3-5-15(23)21-16/h3-6,12,14H,7-9H2,1-2H3,(H,20,24)/t12-,14+/m0/s1. The van der Waals surface area contributed by atoms with Crippen molar-refractivity contribution in [3.63, 3.8) is 0 Å². The molecule has 26 heavy (non-hydrogen) atoms. The summed E-state index contributed by atoms with van der Waals surface area (Å²) < 4.78 is 26.7. The molecule has 3 aromatic heterocycles. The van der Waals surface area contributed by atoms with E-state index in [0.717, 1.165) is 11.5 Å². The largest absolute Gasteiger partial charge is 0.379 e. The van der Waals surface area contributed by atoms with Gasteiger partial charge in [-0.2, -0.15) is 4.39 Å². The molecular weight excluding hydrogens is 339 g/mol. The van der Waals surface area contributed by atoms with E-state index in [1.807, 2.05) is 13.0 Å². The molecule has 136 valence electrons. The van der Waals surface area contributed by atoms with Crippen LogP contribution in [-0.4, -0.2) is 39.7 Å². The molecule has 0 bridgehead atoms. The van der Waals surface area contributed by atoms with Gasteiger partial charge in [-0.3, -0.25) is 9.20 Å². The van der Waals surface area contributed by atoms with E-state index in [2.05, 4.69) is 15.5 Å². The van der Waals surface area contributed by atoms with E-state index in [4.69, 9.17) is 9.26 Å². The first-order chi connectivity index (χ1) is 12.5. The Morgan fingerprint density at radius 2 is 2.23 bits per heavy atom. The smallest absolute Gasteiger partial charge is 0.274 e. The number of imidazole rings is 1. The Balaban J connectivity index is 1.52. The van der Waals surface area contributed by atoms with Gasteiger partial charge in [-0.1, -0.05) is 11.2 Å². The summed E-state index contributed by atoms with van der Waals surface area (Å²) in [4.78, 5) is 16.7. The van der Waals surface area contributed by atoms with E-state index in [0.29, 0.717) is 31.0 Å². The molecule has 0 aromatic carbocycles. The van der Waals surface area contributed by atoms with Crippen molar-refractivity contribution < 1.29 is 18.4 Å². The normalized spacial score (nSPS) is 20.0. The maximum absolute atomic E-state index is 14.6. The van der Waals surface area contributed by atoms with Crippen LogP contribution in [0.15, 0.2) is 28.8 Å². The predicted octanol–water partition coefficient (Wildman–Crippen LogP) is 2.07. The van der Waals surface area contributed by atoms with Gasteiger partial charge in [0, 0.05) is 24.1 Å². The molecule has 4 heterocycles. The average Bonchev–Trinajstić information content (AvgIpc) is 3.29. The summed E-state index contributed by atoms with van der Waals surface area (Å²) in [6, 6.07) is 6.83. The Bertz CT molecular complexity index is 965. The van der Waals surface area contributed by atoms with Gasteiger partial charge in [0.15, 0.2) is 5.69 Å². The molecule has 1 aliphatic rings. The first-order valence-corrected chi connectivity index (χ1v) is 8.47. The van der Waals surface area contributed by atoms with Crippen molar-refractivity contribution in [2.24, 2.45) is 5.92 Å². The fourth-order valence-electron chi connectivity index (χ4n) is 3.32. The Morgan fingerprint density at radius 1 is 1.38 bits per heavy atom. The number of carbonyl (C=O) groups excluding carboxylic acids is 1. The van der Waals surface area contributed by atoms with E-state index in [1.54, 1.807) is 25.1 Å². The Labute approximate surface area is 149 Å². The molecule has 7 nitrogen and oxygen atoms in total. The van der Waals surface area contributed by atoms with Crippen LogP contribution in [0.2, 0.25) is 0 Å². The molecule has 1 aliphatic heterocycles. The van der Waals surface area contributed by atoms with Crippen LogP contribution < -0.4 is 5.32 Å². The summed E-state index contributed by atoms with van der Waals surface area (Å²) in [5.74, 6) is -0.420. The molecule has 1 fully saturated rings. The third-order valence-electron chi connectivity index (χ3n) is 4.65. The van der Waals surface area contributed by atoms with Crippen LogP contribution in [0.5, 0.6) is 0 Å². The van der Waals surface area contributed by atoms with Gasteiger partial charge in [0.05, 0.1) is 24.9 Å². The van der Waals surface area contributed by atoms with E-state index < -0.39 is 11.9 Å². The molecule has 4 rings (SSSR count). The third-order valence-corrected chi connectivity index (χ3v) is 4.65. The number of nitrogens with zero attached hydrogens (tertiary/aromatic N) is 3. The van der Waals surface area contributed by atoms with Crippen LogP contribution in [0.25, 0.3) is 5.65 Å². The number of hydrogen-bond donors (Lipinski definition) is 1. The zero-order valence-corrected chi connectivity index (χ0v) is 14.5. The number of aromatic nitrogens is 3. The number of hydrogen-bond acceptors (Lipinski definition) is 5. The lowest BCUT2D eigenvalue weighted by Gasteiger charge is -2.17. The number of nitrogens with one attached hydrogen (secondary N) is 1. The summed E-state index contributed by atoms with van der Waals surface area (Å²) in [7, 11) is 0. The van der Waals surface area contributed by atoms with Crippen molar-refractivity contribution in [3.8, 4) is 0 Å². The second-order valence-electron chi connectivity index (χ2n) is 6.63. The number of pyridine rings is 1. The van der Waals surface area contributed by atoms with E-state index in [-0.39, 0.29) is 17.7 Å². The zero-order valence-electron chi connectivity index (χ0n) is 14.5. The van der Waals surface area contributed by atoms with Crippen molar-refractivity contribution in [2.45, 2.75) is 26.3 Å². The van der Waals surface area contributed by atoms with Crippen LogP contribution in [0, 0.1) is 25.7 Å². The predicted molar refractivity (Wildman–Crippen MR) is 90.4 cm³/mol. The quantitative estimate of drug-likeness (QED) is 0.772. The lowest BCUT2D eigenvalue weighted by atomic mass is 9.98. The molecule has 1 N–H and O–H groups in total. The highest BCUT2D eigenvalue weighted by Crippen LogP contribution is 2.21. The van der Waals surface area contributed by atoms with Crippen LogP contribution in [0.1, 0.15) is 27.6 Å². The summed E-state index contributed by atoms with van der Waals surface area (Å²) in [5.41, 5.74) is 1.68. The Morgan fingerprint density at radius 3 is 2.96 bits per heavy atom. The van der Waals surface area contributed by atoms with Gasteiger partial charge in [0.2, 0.25) is 5.95 Å². The van der Waals surface area contributed by atoms with Gasteiger partial charge < -0.3 is 14.6 Å². The number of aryl methyl sites for hydroxylation is 2. The van der Waals surface area contributed by atoms with Gasteiger partial charge in [0.1, 0.15) is 11.4 Å². The van der Waals surface area contributed by atoms with Gasteiger partial charge in [-0.05, 0) is 26.0 Å². The van der Waals surface area contributed by atoms with Crippen molar-refractivity contribution in [2.75, 3.05) is 13.2 Å². The highest BCUT2D eigenvalue weighted by atomic mass is 19.1. The van der Waals surface area contributed by atoms with Crippen molar-refractivity contribution in [1.82, 2.24) is 19.9 Å². The number of halogens is 1. The molecule has 0 spiro atoms. The minimum Gasteiger partial charge on any atom is -0.379 e. The topological polar surface area (TPSA) is 81.7 Å². The minimum atomic E-state index is -0.656. The maximum Gasteiger partial charge on any atom is 0.274 e. The van der Waals surface area contributed by atoms with Gasteiger partial charge >= 0.3 is 0 Å². The molecule has 8 heteroatoms. The first kappa shape index (κ1) is 16.7. The van der Waals surface area contributed by atoms with E-state index in [1.165, 1.54) is 4.40 Å². The Kier molecular flexibility index (Phi) is 4.20.